The lowest BCUT2D eigenvalue weighted by Gasteiger charge is -2.18. The lowest BCUT2D eigenvalue weighted by Crippen LogP contribution is -2.27. The lowest BCUT2D eigenvalue weighted by atomic mass is 10.0. The normalized spacial score (nSPS) is 12.5. The molecule has 10 heteroatoms. The largest absolute Gasteiger partial charge is 0.469 e. The summed E-state index contributed by atoms with van der Waals surface area (Å²) in [4.78, 5) is 51.1. The molecule has 1 saturated heterocycles. The van der Waals surface area contributed by atoms with Crippen molar-refractivity contribution in [2.75, 3.05) is 38.7 Å². The zero-order valence-electron chi connectivity index (χ0n) is 24.9. The first-order valence-electron chi connectivity index (χ1n) is 14.8. The van der Waals surface area contributed by atoms with E-state index in [2.05, 4.69) is 10.6 Å². The number of carbonyl (C=O) groups is 4. The van der Waals surface area contributed by atoms with Crippen molar-refractivity contribution in [3.05, 3.63) is 99.6 Å². The minimum absolute atomic E-state index is 0.0209. The van der Waals surface area contributed by atoms with Crippen molar-refractivity contribution in [2.24, 2.45) is 0 Å². The van der Waals surface area contributed by atoms with Crippen molar-refractivity contribution >= 4 is 40.9 Å². The van der Waals surface area contributed by atoms with Crippen LogP contribution in [-0.2, 0) is 38.6 Å². The fourth-order valence-corrected chi connectivity index (χ4v) is 5.15. The molecule has 1 aliphatic rings. The van der Waals surface area contributed by atoms with E-state index < -0.39 is 5.97 Å². The molecule has 2 N–H and O–H groups in total. The average Bonchev–Trinajstić information content (AvgIpc) is 3.58. The molecule has 0 spiro atoms. The van der Waals surface area contributed by atoms with E-state index in [1.165, 1.54) is 7.11 Å². The Kier molecular flexibility index (Phi) is 12.3. The molecule has 0 bridgehead atoms. The number of Topliss-reactive ketones (excluding diaryl/α,β-unsaturated/α-hetero) is 1. The minimum atomic E-state index is -0.473. The quantitative estimate of drug-likeness (QED) is 0.176. The number of hydrogen-bond donors (Lipinski definition) is 2. The van der Waals surface area contributed by atoms with Crippen LogP contribution in [0.25, 0.3) is 0 Å². The molecular weight excluding hydrogens is 582 g/mol. The molecule has 4 rings (SSSR count). The number of carbonyl (C=O) groups excluding carboxylic acids is 4. The van der Waals surface area contributed by atoms with Crippen LogP contribution in [0.1, 0.15) is 63.1 Å². The van der Waals surface area contributed by atoms with Gasteiger partial charge in [0.25, 0.3) is 5.91 Å². The Balaban J connectivity index is 1.32. The van der Waals surface area contributed by atoms with Gasteiger partial charge in [0.15, 0.2) is 5.78 Å². The number of nitrogens with one attached hydrogen (secondary N) is 2. The summed E-state index contributed by atoms with van der Waals surface area (Å²) in [7, 11) is 1.36. The van der Waals surface area contributed by atoms with E-state index in [9.17, 15) is 19.2 Å². The predicted molar refractivity (Wildman–Crippen MR) is 169 cm³/mol. The molecule has 3 aromatic carbocycles. The molecule has 0 radical (unpaired) electrons. The predicted octanol–water partition coefficient (Wildman–Crippen LogP) is 5.20. The number of halogens is 1. The van der Waals surface area contributed by atoms with Crippen LogP contribution in [0, 0.1) is 0 Å². The summed E-state index contributed by atoms with van der Waals surface area (Å²) >= 11 is 5.87. The molecule has 232 valence electrons. The molecule has 3 aromatic rings. The van der Waals surface area contributed by atoms with Crippen molar-refractivity contribution < 1.29 is 28.7 Å². The summed E-state index contributed by atoms with van der Waals surface area (Å²) in [6.07, 6.45) is 2.88. The highest BCUT2D eigenvalue weighted by Gasteiger charge is 2.19. The maximum atomic E-state index is 12.7. The van der Waals surface area contributed by atoms with Crippen LogP contribution in [-0.4, -0.2) is 61.9 Å². The third-order valence-corrected chi connectivity index (χ3v) is 7.76. The number of ketones is 1. The van der Waals surface area contributed by atoms with Gasteiger partial charge in [-0.2, -0.15) is 0 Å². The molecule has 1 heterocycles. The van der Waals surface area contributed by atoms with E-state index >= 15 is 0 Å². The first-order valence-corrected chi connectivity index (χ1v) is 15.2. The first-order chi connectivity index (χ1) is 21.3. The Bertz CT molecular complexity index is 1440. The van der Waals surface area contributed by atoms with Crippen molar-refractivity contribution in [1.29, 1.82) is 0 Å². The summed E-state index contributed by atoms with van der Waals surface area (Å²) in [6.45, 7) is 2.43. The molecule has 0 aliphatic carbocycles. The zero-order valence-corrected chi connectivity index (χ0v) is 25.7. The maximum Gasteiger partial charge on any atom is 0.319 e. The Morgan fingerprint density at radius 2 is 1.55 bits per heavy atom. The van der Waals surface area contributed by atoms with E-state index in [4.69, 9.17) is 21.1 Å². The number of benzene rings is 3. The van der Waals surface area contributed by atoms with E-state index in [0.29, 0.717) is 35.7 Å². The third-order valence-electron chi connectivity index (χ3n) is 7.51. The number of nitrogens with zero attached hydrogens (tertiary/aromatic N) is 1. The Hall–Kier alpha value is -4.21. The topological polar surface area (TPSA) is 114 Å². The highest BCUT2D eigenvalue weighted by Crippen LogP contribution is 2.23. The summed E-state index contributed by atoms with van der Waals surface area (Å²) in [5.41, 5.74) is 4.94. The highest BCUT2D eigenvalue weighted by atomic mass is 35.5. The molecule has 0 saturated carbocycles. The second-order valence-corrected chi connectivity index (χ2v) is 11.0. The Labute approximate surface area is 262 Å². The van der Waals surface area contributed by atoms with Crippen molar-refractivity contribution in [3.8, 4) is 0 Å². The maximum absolute atomic E-state index is 12.7. The second kappa shape index (κ2) is 16.6. The fraction of sp³-hybridized carbons (Fsp3) is 0.353. The van der Waals surface area contributed by atoms with Gasteiger partial charge in [-0.25, -0.2) is 0 Å². The van der Waals surface area contributed by atoms with Gasteiger partial charge in [0.1, 0.15) is 0 Å². The van der Waals surface area contributed by atoms with Gasteiger partial charge in [0, 0.05) is 60.9 Å². The number of esters is 2. The summed E-state index contributed by atoms with van der Waals surface area (Å²) in [6, 6.07) is 20.0. The summed E-state index contributed by atoms with van der Waals surface area (Å²) in [5, 5.41) is 7.14. The Morgan fingerprint density at radius 1 is 0.841 bits per heavy atom. The van der Waals surface area contributed by atoms with Gasteiger partial charge in [0.2, 0.25) is 0 Å². The van der Waals surface area contributed by atoms with Gasteiger partial charge >= 0.3 is 11.9 Å². The minimum Gasteiger partial charge on any atom is -0.469 e. The average molecular weight is 620 g/mol. The van der Waals surface area contributed by atoms with Crippen LogP contribution in [0.2, 0.25) is 5.02 Å². The number of aryl methyl sites for hydroxylation is 1. The zero-order chi connectivity index (χ0) is 31.3. The highest BCUT2D eigenvalue weighted by molar-refractivity contribution is 6.30. The molecule has 0 unspecified atom stereocenters. The number of ether oxygens (including phenoxy) is 2. The Morgan fingerprint density at radius 3 is 2.25 bits per heavy atom. The molecule has 1 aliphatic heterocycles. The molecule has 44 heavy (non-hydrogen) atoms. The molecule has 0 atom stereocenters. The number of hydrogen-bond acceptors (Lipinski definition) is 8. The van der Waals surface area contributed by atoms with Crippen LogP contribution in [0.5, 0.6) is 0 Å². The molecule has 0 aromatic heterocycles. The SMILES string of the molecule is COC(=O)CCc1cccc(NCc2ccc(C(=O)N3CCCC3)cc2)c1CNCC(=O)OCCC(=O)c1ccc(Cl)cc1. The van der Waals surface area contributed by atoms with Crippen LogP contribution in [0.4, 0.5) is 5.69 Å². The van der Waals surface area contributed by atoms with E-state index in [1.54, 1.807) is 24.3 Å². The number of anilines is 1. The van der Waals surface area contributed by atoms with Gasteiger partial charge in [-0.05, 0) is 78.4 Å². The first kappa shape index (κ1) is 32.7. The van der Waals surface area contributed by atoms with Gasteiger partial charge in [-0.15, -0.1) is 0 Å². The lowest BCUT2D eigenvalue weighted by molar-refractivity contribution is -0.142. The fourth-order valence-electron chi connectivity index (χ4n) is 5.03. The summed E-state index contributed by atoms with van der Waals surface area (Å²) in [5.74, 6) is -0.840. The molecular formula is C34H38ClN3O6. The van der Waals surface area contributed by atoms with Gasteiger partial charge in [-0.1, -0.05) is 35.9 Å². The van der Waals surface area contributed by atoms with Crippen molar-refractivity contribution in [3.63, 3.8) is 0 Å². The number of methoxy groups -OCH3 is 1. The number of likely N-dealkylation sites (tertiary alicyclic amines) is 1. The van der Waals surface area contributed by atoms with E-state index in [0.717, 1.165) is 48.3 Å². The third kappa shape index (κ3) is 9.65. The van der Waals surface area contributed by atoms with Gasteiger partial charge < -0.3 is 25.0 Å². The molecule has 1 amide bonds. The van der Waals surface area contributed by atoms with Crippen LogP contribution in [0.3, 0.4) is 0 Å². The van der Waals surface area contributed by atoms with Crippen LogP contribution in [0.15, 0.2) is 66.7 Å². The second-order valence-electron chi connectivity index (χ2n) is 10.6. The van der Waals surface area contributed by atoms with Crippen LogP contribution < -0.4 is 10.6 Å². The van der Waals surface area contributed by atoms with Crippen LogP contribution >= 0.6 is 11.6 Å². The number of amides is 1. The monoisotopic (exact) mass is 619 g/mol. The van der Waals surface area contributed by atoms with E-state index in [1.807, 2.05) is 47.4 Å². The van der Waals surface area contributed by atoms with E-state index in [-0.39, 0.29) is 43.7 Å². The molecule has 1 fully saturated rings. The smallest absolute Gasteiger partial charge is 0.319 e. The number of rotatable bonds is 15. The standard InChI is InChI=1S/C34H38ClN3O6/c1-43-32(40)16-13-25-5-4-6-30(37-21-24-7-9-27(10-8-24)34(42)38-18-2-3-19-38)29(25)22-36-23-33(41)44-20-17-31(39)26-11-14-28(35)15-12-26/h4-12,14-15,36-37H,2-3,13,16-23H2,1H3. The molecule has 9 nitrogen and oxygen atoms in total. The van der Waals surface area contributed by atoms with Crippen molar-refractivity contribution in [1.82, 2.24) is 10.2 Å². The van der Waals surface area contributed by atoms with Gasteiger partial charge in [-0.3, -0.25) is 19.2 Å². The summed E-state index contributed by atoms with van der Waals surface area (Å²) < 4.78 is 10.1. The van der Waals surface area contributed by atoms with Crippen molar-refractivity contribution in [2.45, 2.75) is 45.2 Å². The van der Waals surface area contributed by atoms with Gasteiger partial charge in [0.05, 0.1) is 20.3 Å².